The van der Waals surface area contributed by atoms with Crippen molar-refractivity contribution >= 4 is 11.9 Å². The summed E-state index contributed by atoms with van der Waals surface area (Å²) in [5, 5.41) is 0. The molecule has 3 rings (SSSR count). The number of methoxy groups -OCH3 is 1. The molecule has 0 heterocycles. The Morgan fingerprint density at radius 3 is 2.65 bits per heavy atom. The maximum Gasteiger partial charge on any atom is 0.189 e. The lowest BCUT2D eigenvalue weighted by Crippen LogP contribution is -2.13. The fraction of sp³-hybridized carbons (Fsp3) is 0.348. The Morgan fingerprint density at radius 2 is 1.88 bits per heavy atom. The summed E-state index contributed by atoms with van der Waals surface area (Å²) in [6.45, 7) is 5.02. The van der Waals surface area contributed by atoms with Gasteiger partial charge in [0.15, 0.2) is 17.3 Å². The quantitative estimate of drug-likeness (QED) is 0.660. The van der Waals surface area contributed by atoms with E-state index in [1.807, 2.05) is 48.5 Å². The predicted octanol–water partition coefficient (Wildman–Crippen LogP) is 5.33. The normalized spacial score (nSPS) is 15.2. The van der Waals surface area contributed by atoms with E-state index in [9.17, 15) is 4.79 Å². The largest absolute Gasteiger partial charge is 0.493 e. The minimum Gasteiger partial charge on any atom is -0.493 e. The molecule has 0 atom stereocenters. The summed E-state index contributed by atoms with van der Waals surface area (Å²) in [5.74, 6) is 2.18. The number of carbonyl (C=O) groups is 1. The van der Waals surface area contributed by atoms with Gasteiger partial charge in [0.25, 0.3) is 0 Å². The molecule has 3 nitrogen and oxygen atoms in total. The van der Waals surface area contributed by atoms with E-state index < -0.39 is 0 Å². The molecule has 0 N–H and O–H groups in total. The fourth-order valence-corrected chi connectivity index (χ4v) is 3.15. The van der Waals surface area contributed by atoms with Crippen molar-refractivity contribution in [1.82, 2.24) is 0 Å². The van der Waals surface area contributed by atoms with Crippen LogP contribution in [-0.4, -0.2) is 19.5 Å². The highest BCUT2D eigenvalue weighted by molar-refractivity contribution is 6.13. The maximum absolute atomic E-state index is 12.7. The van der Waals surface area contributed by atoms with Crippen LogP contribution in [0.25, 0.3) is 6.08 Å². The van der Waals surface area contributed by atoms with Crippen LogP contribution >= 0.6 is 0 Å². The van der Waals surface area contributed by atoms with Gasteiger partial charge < -0.3 is 9.47 Å². The molecule has 136 valence electrons. The number of fused-ring (bicyclic) bond motifs is 1. The first-order valence-electron chi connectivity index (χ1n) is 9.22. The van der Waals surface area contributed by atoms with Crippen molar-refractivity contribution in [3.05, 3.63) is 64.7 Å². The first kappa shape index (κ1) is 18.2. The van der Waals surface area contributed by atoms with Crippen LogP contribution in [0.2, 0.25) is 0 Å². The molecule has 26 heavy (non-hydrogen) atoms. The summed E-state index contributed by atoms with van der Waals surface area (Å²) in [6.07, 6.45) is 4.65. The summed E-state index contributed by atoms with van der Waals surface area (Å²) < 4.78 is 11.3. The molecule has 0 aromatic heterocycles. The van der Waals surface area contributed by atoms with Gasteiger partial charge in [-0.15, -0.1) is 0 Å². The van der Waals surface area contributed by atoms with E-state index in [4.69, 9.17) is 9.47 Å². The summed E-state index contributed by atoms with van der Waals surface area (Å²) in [7, 11) is 1.64. The number of hydrogen-bond donors (Lipinski definition) is 0. The topological polar surface area (TPSA) is 35.5 Å². The highest BCUT2D eigenvalue weighted by atomic mass is 16.5. The second kappa shape index (κ2) is 8.22. The third-order valence-corrected chi connectivity index (χ3v) is 4.70. The second-order valence-corrected chi connectivity index (χ2v) is 7.10. The maximum atomic E-state index is 12.7. The molecule has 0 fully saturated rings. The summed E-state index contributed by atoms with van der Waals surface area (Å²) in [6, 6.07) is 13.7. The Labute approximate surface area is 155 Å². The van der Waals surface area contributed by atoms with Crippen LogP contribution < -0.4 is 9.47 Å². The van der Waals surface area contributed by atoms with E-state index in [0.29, 0.717) is 18.3 Å². The van der Waals surface area contributed by atoms with E-state index in [0.717, 1.165) is 47.3 Å². The predicted molar refractivity (Wildman–Crippen MR) is 105 cm³/mol. The standard InChI is InChI=1S/C23H26O3/c1-16(2)12-13-26-21-11-8-17(15-22(21)25-3)14-19-10-9-18-6-4-5-7-20(18)23(19)24/h4-8,11,14-16H,9-10,12-13H2,1-3H3/b19-14+. The van der Waals surface area contributed by atoms with Crippen LogP contribution in [0.15, 0.2) is 48.0 Å². The van der Waals surface area contributed by atoms with Gasteiger partial charge >= 0.3 is 0 Å². The van der Waals surface area contributed by atoms with Gasteiger partial charge in [-0.05, 0) is 54.5 Å². The zero-order valence-corrected chi connectivity index (χ0v) is 15.7. The minimum absolute atomic E-state index is 0.128. The number of carbonyl (C=O) groups excluding carboxylic acids is 1. The van der Waals surface area contributed by atoms with Crippen LogP contribution in [-0.2, 0) is 6.42 Å². The highest BCUT2D eigenvalue weighted by Crippen LogP contribution is 2.31. The molecular weight excluding hydrogens is 324 g/mol. The lowest BCUT2D eigenvalue weighted by atomic mass is 9.86. The number of Topliss-reactive ketones (excluding diaryl/α,β-unsaturated/α-hetero) is 1. The second-order valence-electron chi connectivity index (χ2n) is 7.10. The van der Waals surface area contributed by atoms with Crippen molar-refractivity contribution < 1.29 is 14.3 Å². The lowest BCUT2D eigenvalue weighted by Gasteiger charge is -2.17. The SMILES string of the molecule is COc1cc(/C=C2\CCc3ccccc3C2=O)ccc1OCCC(C)C. The van der Waals surface area contributed by atoms with Crippen LogP contribution in [0.3, 0.4) is 0 Å². The van der Waals surface area contributed by atoms with Crippen LogP contribution in [0.4, 0.5) is 0 Å². The highest BCUT2D eigenvalue weighted by Gasteiger charge is 2.21. The molecule has 1 aliphatic rings. The van der Waals surface area contributed by atoms with Crippen LogP contribution in [0.5, 0.6) is 11.5 Å². The van der Waals surface area contributed by atoms with Crippen LogP contribution in [0, 0.1) is 5.92 Å². The average Bonchev–Trinajstić information content (AvgIpc) is 2.65. The zero-order chi connectivity index (χ0) is 18.5. The number of benzene rings is 2. The number of ketones is 1. The van der Waals surface area contributed by atoms with Crippen LogP contribution in [0.1, 0.15) is 48.2 Å². The van der Waals surface area contributed by atoms with E-state index in [2.05, 4.69) is 13.8 Å². The van der Waals surface area contributed by atoms with E-state index in [1.54, 1.807) is 7.11 Å². The molecule has 2 aromatic rings. The van der Waals surface area contributed by atoms with E-state index in [1.165, 1.54) is 0 Å². The average molecular weight is 350 g/mol. The van der Waals surface area contributed by atoms with E-state index >= 15 is 0 Å². The Balaban J connectivity index is 1.80. The Kier molecular flexibility index (Phi) is 5.77. The van der Waals surface area contributed by atoms with Gasteiger partial charge in [-0.2, -0.15) is 0 Å². The smallest absolute Gasteiger partial charge is 0.189 e. The van der Waals surface area contributed by atoms with Crippen molar-refractivity contribution in [2.45, 2.75) is 33.1 Å². The first-order chi connectivity index (χ1) is 12.6. The van der Waals surface area contributed by atoms with Gasteiger partial charge in [-0.25, -0.2) is 0 Å². The number of hydrogen-bond acceptors (Lipinski definition) is 3. The monoisotopic (exact) mass is 350 g/mol. The molecule has 3 heteroatoms. The molecule has 0 radical (unpaired) electrons. The molecule has 0 saturated carbocycles. The van der Waals surface area contributed by atoms with Gasteiger partial charge in [0.05, 0.1) is 13.7 Å². The zero-order valence-electron chi connectivity index (χ0n) is 15.7. The third kappa shape index (κ3) is 4.16. The summed E-state index contributed by atoms with van der Waals surface area (Å²) in [4.78, 5) is 12.7. The molecule has 0 bridgehead atoms. The summed E-state index contributed by atoms with van der Waals surface area (Å²) in [5.41, 5.74) is 3.77. The van der Waals surface area contributed by atoms with Crippen molar-refractivity contribution in [2.24, 2.45) is 5.92 Å². The number of aryl methyl sites for hydroxylation is 1. The molecule has 0 spiro atoms. The lowest BCUT2D eigenvalue weighted by molar-refractivity contribution is 0.102. The third-order valence-electron chi connectivity index (χ3n) is 4.70. The Hall–Kier alpha value is -2.55. The minimum atomic E-state index is 0.128. The van der Waals surface area contributed by atoms with Crippen molar-refractivity contribution in [2.75, 3.05) is 13.7 Å². The van der Waals surface area contributed by atoms with Crippen molar-refractivity contribution in [3.63, 3.8) is 0 Å². The Morgan fingerprint density at radius 1 is 1.08 bits per heavy atom. The van der Waals surface area contributed by atoms with Gasteiger partial charge in [0, 0.05) is 11.1 Å². The molecule has 1 aliphatic carbocycles. The summed E-state index contributed by atoms with van der Waals surface area (Å²) >= 11 is 0. The van der Waals surface area contributed by atoms with Gasteiger partial charge in [-0.3, -0.25) is 4.79 Å². The first-order valence-corrected chi connectivity index (χ1v) is 9.22. The number of rotatable bonds is 6. The van der Waals surface area contributed by atoms with Gasteiger partial charge in [0.2, 0.25) is 0 Å². The van der Waals surface area contributed by atoms with Gasteiger partial charge in [0.1, 0.15) is 0 Å². The molecule has 2 aromatic carbocycles. The number of allylic oxidation sites excluding steroid dienone is 1. The van der Waals surface area contributed by atoms with Gasteiger partial charge in [-0.1, -0.05) is 44.2 Å². The molecule has 0 unspecified atom stereocenters. The van der Waals surface area contributed by atoms with Crippen molar-refractivity contribution in [3.8, 4) is 11.5 Å². The Bertz CT molecular complexity index is 818. The van der Waals surface area contributed by atoms with E-state index in [-0.39, 0.29) is 5.78 Å². The molecule has 0 aliphatic heterocycles. The molecule has 0 amide bonds. The number of ether oxygens (including phenoxy) is 2. The fourth-order valence-electron chi connectivity index (χ4n) is 3.15. The molecular formula is C23H26O3. The van der Waals surface area contributed by atoms with Crippen molar-refractivity contribution in [1.29, 1.82) is 0 Å². The molecule has 0 saturated heterocycles.